The Morgan fingerprint density at radius 2 is 1.81 bits per heavy atom. The largest absolute Gasteiger partial charge is 0.396 e. The van der Waals surface area contributed by atoms with Gasteiger partial charge in [-0.1, -0.05) is 18.2 Å². The van der Waals surface area contributed by atoms with Crippen molar-refractivity contribution in [1.82, 2.24) is 0 Å². The van der Waals surface area contributed by atoms with Crippen molar-refractivity contribution in [3.63, 3.8) is 0 Å². The molecule has 0 radical (unpaired) electrons. The van der Waals surface area contributed by atoms with Crippen molar-refractivity contribution in [3.05, 3.63) is 54.3 Å². The quantitative estimate of drug-likeness (QED) is 0.843. The summed E-state index contributed by atoms with van der Waals surface area (Å²) < 4.78 is 37.4. The van der Waals surface area contributed by atoms with Crippen molar-refractivity contribution in [2.45, 2.75) is 4.90 Å². The summed E-state index contributed by atoms with van der Waals surface area (Å²) in [5.41, 5.74) is 5.62. The van der Waals surface area contributed by atoms with Crippen LogP contribution in [0.4, 0.5) is 15.8 Å². The van der Waals surface area contributed by atoms with Crippen LogP contribution in [0.5, 0.6) is 0 Å². The molecule has 0 saturated carbocycles. The van der Waals surface area contributed by atoms with E-state index in [1.165, 1.54) is 6.07 Å². The number of hydrogen-bond acceptors (Lipinski definition) is 4. The van der Waals surface area contributed by atoms with E-state index in [0.29, 0.717) is 5.69 Å². The van der Waals surface area contributed by atoms with E-state index >= 15 is 0 Å². The Balaban J connectivity index is 2.13. The molecule has 0 heterocycles. The van der Waals surface area contributed by atoms with Crippen LogP contribution < -0.4 is 11.1 Å². The minimum atomic E-state index is -3.93. The molecule has 0 atom stereocenters. The van der Waals surface area contributed by atoms with E-state index in [4.69, 9.17) is 5.73 Å². The number of amides is 1. The fourth-order valence-corrected chi connectivity index (χ4v) is 2.82. The third kappa shape index (κ3) is 3.79. The van der Waals surface area contributed by atoms with Crippen molar-refractivity contribution in [3.8, 4) is 0 Å². The van der Waals surface area contributed by atoms with Gasteiger partial charge in [0.15, 0.2) is 9.84 Å². The highest BCUT2D eigenvalue weighted by Crippen LogP contribution is 2.17. The van der Waals surface area contributed by atoms with Crippen molar-refractivity contribution in [2.75, 3.05) is 16.8 Å². The van der Waals surface area contributed by atoms with Crippen LogP contribution in [0.2, 0.25) is 0 Å². The lowest BCUT2D eigenvalue weighted by Gasteiger charge is -2.07. The number of anilines is 2. The number of carbonyl (C=O) groups is 1. The van der Waals surface area contributed by atoms with Crippen molar-refractivity contribution in [2.24, 2.45) is 0 Å². The van der Waals surface area contributed by atoms with Crippen LogP contribution >= 0.6 is 0 Å². The lowest BCUT2D eigenvalue weighted by Crippen LogP contribution is -2.23. The highest BCUT2D eigenvalue weighted by atomic mass is 32.2. The Bertz CT molecular complexity index is 761. The Kier molecular flexibility index (Phi) is 4.23. The van der Waals surface area contributed by atoms with Gasteiger partial charge in [-0.05, 0) is 30.3 Å². The number of rotatable bonds is 4. The van der Waals surface area contributed by atoms with E-state index in [-0.39, 0.29) is 10.6 Å². The molecule has 2 aromatic carbocycles. The van der Waals surface area contributed by atoms with Crippen LogP contribution in [-0.2, 0) is 14.6 Å². The number of nitrogen functional groups attached to an aromatic ring is 1. The first-order valence-electron chi connectivity index (χ1n) is 6.01. The molecular formula is C14H13FN2O3S. The SMILES string of the molecule is Nc1ccc(S(=O)(=O)CC(=O)Nc2ccccc2)cc1F. The van der Waals surface area contributed by atoms with Gasteiger partial charge >= 0.3 is 0 Å². The van der Waals surface area contributed by atoms with Crippen LogP contribution in [0, 0.1) is 5.82 Å². The van der Waals surface area contributed by atoms with E-state index in [1.807, 2.05) is 0 Å². The highest BCUT2D eigenvalue weighted by Gasteiger charge is 2.20. The first kappa shape index (κ1) is 15.0. The second-order valence-electron chi connectivity index (χ2n) is 4.36. The van der Waals surface area contributed by atoms with Crippen LogP contribution in [0.3, 0.4) is 0 Å². The molecule has 110 valence electrons. The minimum Gasteiger partial charge on any atom is -0.396 e. The van der Waals surface area contributed by atoms with E-state index < -0.39 is 27.3 Å². The molecule has 3 N–H and O–H groups in total. The lowest BCUT2D eigenvalue weighted by molar-refractivity contribution is -0.113. The summed E-state index contributed by atoms with van der Waals surface area (Å²) in [4.78, 5) is 11.5. The van der Waals surface area contributed by atoms with Gasteiger partial charge < -0.3 is 11.1 Å². The molecule has 0 aliphatic carbocycles. The molecule has 0 aromatic heterocycles. The van der Waals surface area contributed by atoms with E-state index in [0.717, 1.165) is 12.1 Å². The molecule has 7 heteroatoms. The standard InChI is InChI=1S/C14H13FN2O3S/c15-12-8-11(6-7-13(12)16)21(19,20)9-14(18)17-10-4-2-1-3-5-10/h1-8H,9,16H2,(H,17,18). The third-order valence-corrected chi connectivity index (χ3v) is 4.32. The zero-order chi connectivity index (χ0) is 15.5. The highest BCUT2D eigenvalue weighted by molar-refractivity contribution is 7.92. The van der Waals surface area contributed by atoms with Gasteiger partial charge in [-0.15, -0.1) is 0 Å². The molecule has 0 aliphatic rings. The fourth-order valence-electron chi connectivity index (χ4n) is 1.68. The average Bonchev–Trinajstić information content (AvgIpc) is 2.42. The Morgan fingerprint density at radius 3 is 2.43 bits per heavy atom. The van der Waals surface area contributed by atoms with Crippen molar-refractivity contribution >= 4 is 27.1 Å². The van der Waals surface area contributed by atoms with Crippen LogP contribution in [0.25, 0.3) is 0 Å². The number of hydrogen-bond donors (Lipinski definition) is 2. The molecule has 5 nitrogen and oxygen atoms in total. The molecule has 21 heavy (non-hydrogen) atoms. The molecule has 1 amide bonds. The second-order valence-corrected chi connectivity index (χ2v) is 6.35. The van der Waals surface area contributed by atoms with Gasteiger partial charge in [-0.3, -0.25) is 4.79 Å². The maximum atomic E-state index is 13.3. The van der Waals surface area contributed by atoms with Gasteiger partial charge in [0, 0.05) is 5.69 Å². The minimum absolute atomic E-state index is 0.150. The Morgan fingerprint density at radius 1 is 1.14 bits per heavy atom. The maximum absolute atomic E-state index is 13.3. The monoisotopic (exact) mass is 308 g/mol. The summed E-state index contributed by atoms with van der Waals surface area (Å²) in [5, 5.41) is 2.46. The van der Waals surface area contributed by atoms with Crippen molar-refractivity contribution in [1.29, 1.82) is 0 Å². The van der Waals surface area contributed by atoms with Gasteiger partial charge in [0.05, 0.1) is 10.6 Å². The maximum Gasteiger partial charge on any atom is 0.239 e. The van der Waals surface area contributed by atoms with Gasteiger partial charge in [0.25, 0.3) is 0 Å². The summed E-state index contributed by atoms with van der Waals surface area (Å²) in [6.07, 6.45) is 0. The molecule has 2 aromatic rings. The molecule has 2 rings (SSSR count). The average molecular weight is 308 g/mol. The molecule has 0 spiro atoms. The predicted octanol–water partition coefficient (Wildman–Crippen LogP) is 1.82. The van der Waals surface area contributed by atoms with E-state index in [2.05, 4.69) is 5.32 Å². The molecule has 0 aliphatic heterocycles. The summed E-state index contributed by atoms with van der Waals surface area (Å²) in [5.74, 6) is -2.30. The fraction of sp³-hybridized carbons (Fsp3) is 0.0714. The number of nitrogens with two attached hydrogens (primary N) is 1. The number of para-hydroxylation sites is 1. The topological polar surface area (TPSA) is 89.3 Å². The predicted molar refractivity (Wildman–Crippen MR) is 77.9 cm³/mol. The normalized spacial score (nSPS) is 11.1. The zero-order valence-electron chi connectivity index (χ0n) is 10.9. The molecule has 0 fully saturated rings. The third-order valence-electron chi connectivity index (χ3n) is 2.71. The van der Waals surface area contributed by atoms with Crippen LogP contribution in [0.1, 0.15) is 0 Å². The Labute approximate surface area is 121 Å². The number of sulfone groups is 1. The summed E-state index contributed by atoms with van der Waals surface area (Å²) >= 11 is 0. The molecule has 0 bridgehead atoms. The second kappa shape index (κ2) is 5.92. The number of halogens is 1. The molecule has 0 unspecified atom stereocenters. The smallest absolute Gasteiger partial charge is 0.239 e. The molecular weight excluding hydrogens is 295 g/mol. The molecule has 0 saturated heterocycles. The summed E-state index contributed by atoms with van der Waals surface area (Å²) in [6, 6.07) is 11.6. The number of carbonyl (C=O) groups excluding carboxylic acids is 1. The van der Waals surface area contributed by atoms with E-state index in [1.54, 1.807) is 30.3 Å². The number of benzene rings is 2. The number of nitrogens with one attached hydrogen (secondary N) is 1. The summed E-state index contributed by atoms with van der Waals surface area (Å²) in [7, 11) is -3.93. The van der Waals surface area contributed by atoms with Gasteiger partial charge in [0.2, 0.25) is 5.91 Å². The van der Waals surface area contributed by atoms with Gasteiger partial charge in [-0.25, -0.2) is 12.8 Å². The van der Waals surface area contributed by atoms with E-state index in [9.17, 15) is 17.6 Å². The van der Waals surface area contributed by atoms with Gasteiger partial charge in [-0.2, -0.15) is 0 Å². The van der Waals surface area contributed by atoms with Gasteiger partial charge in [0.1, 0.15) is 11.6 Å². The summed E-state index contributed by atoms with van der Waals surface area (Å²) in [6.45, 7) is 0. The lowest BCUT2D eigenvalue weighted by atomic mass is 10.3. The Hall–Kier alpha value is -2.41. The van der Waals surface area contributed by atoms with Crippen LogP contribution in [-0.4, -0.2) is 20.1 Å². The van der Waals surface area contributed by atoms with Crippen molar-refractivity contribution < 1.29 is 17.6 Å². The first-order valence-corrected chi connectivity index (χ1v) is 7.66. The van der Waals surface area contributed by atoms with Crippen LogP contribution in [0.15, 0.2) is 53.4 Å². The first-order chi connectivity index (χ1) is 9.88. The zero-order valence-corrected chi connectivity index (χ0v) is 11.7.